The molecule has 172 valence electrons. The minimum absolute atomic E-state index is 0.0278. The van der Waals surface area contributed by atoms with Crippen molar-refractivity contribution < 1.29 is 4.79 Å². The van der Waals surface area contributed by atoms with Crippen molar-refractivity contribution in [2.45, 2.75) is 34.1 Å². The van der Waals surface area contributed by atoms with Crippen molar-refractivity contribution in [3.8, 4) is 0 Å². The van der Waals surface area contributed by atoms with Crippen LogP contribution in [0.5, 0.6) is 0 Å². The summed E-state index contributed by atoms with van der Waals surface area (Å²) in [6.07, 6.45) is 12.9. The summed E-state index contributed by atoms with van der Waals surface area (Å²) in [6.45, 7) is 13.5. The first-order chi connectivity index (χ1) is 15.9. The highest BCUT2D eigenvalue weighted by atomic mass is 16.2. The summed E-state index contributed by atoms with van der Waals surface area (Å²) in [5.41, 5.74) is 6.71. The van der Waals surface area contributed by atoms with Crippen LogP contribution in [0.4, 0.5) is 0 Å². The molecule has 0 aromatic carbocycles. The van der Waals surface area contributed by atoms with Gasteiger partial charge in [0.1, 0.15) is 0 Å². The van der Waals surface area contributed by atoms with Gasteiger partial charge < -0.3 is 9.80 Å². The Bertz CT molecular complexity index is 1210. The maximum atomic E-state index is 13.5. The molecule has 0 spiro atoms. The third-order valence-electron chi connectivity index (χ3n) is 6.93. The average Bonchev–Trinajstić information content (AvgIpc) is 3.24. The highest BCUT2D eigenvalue weighted by molar-refractivity contribution is 5.98. The number of piperazine rings is 1. The molecule has 0 saturated carbocycles. The van der Waals surface area contributed by atoms with Crippen LogP contribution in [0.25, 0.3) is 11.1 Å². The average molecular weight is 445 g/mol. The van der Waals surface area contributed by atoms with Crippen LogP contribution in [-0.2, 0) is 4.79 Å². The summed E-state index contributed by atoms with van der Waals surface area (Å²) in [6, 6.07) is 2.05. The number of amides is 1. The SMILES string of the molecule is CCN1CCN(C2=CN3C(=O)C=C(c4cc5c(C)nc(C)cn5n4)C(C)CC=C3C=C2)CC1. The van der Waals surface area contributed by atoms with Gasteiger partial charge in [-0.25, -0.2) is 4.52 Å². The smallest absolute Gasteiger partial charge is 0.255 e. The first-order valence-corrected chi connectivity index (χ1v) is 11.9. The Morgan fingerprint density at radius 2 is 1.85 bits per heavy atom. The second-order valence-electron chi connectivity index (χ2n) is 9.21. The van der Waals surface area contributed by atoms with E-state index in [9.17, 15) is 4.79 Å². The molecule has 3 aliphatic heterocycles. The van der Waals surface area contributed by atoms with Crippen LogP contribution in [0, 0.1) is 19.8 Å². The van der Waals surface area contributed by atoms with Gasteiger partial charge in [-0.3, -0.25) is 14.7 Å². The second kappa shape index (κ2) is 8.63. The topological polar surface area (TPSA) is 57.0 Å². The van der Waals surface area contributed by atoms with Crippen LogP contribution in [-0.4, -0.2) is 67.9 Å². The lowest BCUT2D eigenvalue weighted by atomic mass is 9.92. The molecule has 3 aliphatic rings. The first kappa shape index (κ1) is 21.6. The molecule has 2 aromatic rings. The number of rotatable bonds is 3. The molecule has 1 atom stereocenters. The molecule has 7 nitrogen and oxygen atoms in total. The predicted molar refractivity (Wildman–Crippen MR) is 130 cm³/mol. The van der Waals surface area contributed by atoms with Crippen LogP contribution in [0.2, 0.25) is 0 Å². The number of nitrogens with zero attached hydrogens (tertiary/aromatic N) is 6. The zero-order valence-electron chi connectivity index (χ0n) is 20.0. The Kier molecular flexibility index (Phi) is 5.66. The maximum absolute atomic E-state index is 13.5. The number of fused-ring (bicyclic) bond motifs is 2. The van der Waals surface area contributed by atoms with Crippen LogP contribution in [0.3, 0.4) is 0 Å². The maximum Gasteiger partial charge on any atom is 0.255 e. The van der Waals surface area contributed by atoms with Gasteiger partial charge in [-0.2, -0.15) is 5.10 Å². The molecule has 1 unspecified atom stereocenters. The second-order valence-corrected chi connectivity index (χ2v) is 9.21. The molecular formula is C26H32N6O. The zero-order chi connectivity index (χ0) is 23.1. The van der Waals surface area contributed by atoms with Gasteiger partial charge in [0.05, 0.1) is 34.5 Å². The van der Waals surface area contributed by atoms with Crippen LogP contribution in [0.15, 0.2) is 54.2 Å². The highest BCUT2D eigenvalue weighted by Gasteiger charge is 2.26. The van der Waals surface area contributed by atoms with E-state index in [4.69, 9.17) is 5.10 Å². The number of aromatic nitrogens is 3. The third kappa shape index (κ3) is 4.13. The molecular weight excluding hydrogens is 412 g/mol. The van der Waals surface area contributed by atoms with Crippen LogP contribution < -0.4 is 0 Å². The molecule has 5 heterocycles. The monoisotopic (exact) mass is 444 g/mol. The lowest BCUT2D eigenvalue weighted by Gasteiger charge is -2.38. The summed E-state index contributed by atoms with van der Waals surface area (Å²) in [7, 11) is 0. The van der Waals surface area contributed by atoms with E-state index < -0.39 is 0 Å². The van der Waals surface area contributed by atoms with Crippen molar-refractivity contribution in [2.24, 2.45) is 5.92 Å². The van der Waals surface area contributed by atoms with E-state index in [2.05, 4.69) is 46.9 Å². The molecule has 2 aromatic heterocycles. The minimum atomic E-state index is -0.0278. The van der Waals surface area contributed by atoms with Gasteiger partial charge in [0.15, 0.2) is 0 Å². The zero-order valence-corrected chi connectivity index (χ0v) is 20.0. The van der Waals surface area contributed by atoms with E-state index in [0.717, 1.165) is 78.7 Å². The number of carbonyl (C=O) groups excluding carboxylic acids is 1. The largest absolute Gasteiger partial charge is 0.368 e. The van der Waals surface area contributed by atoms with Crippen LogP contribution >= 0.6 is 0 Å². The van der Waals surface area contributed by atoms with E-state index in [1.807, 2.05) is 36.8 Å². The molecule has 5 rings (SSSR count). The summed E-state index contributed by atoms with van der Waals surface area (Å²) in [4.78, 5) is 24.6. The van der Waals surface area contributed by atoms with Crippen molar-refractivity contribution in [3.05, 3.63) is 71.2 Å². The summed E-state index contributed by atoms with van der Waals surface area (Å²) < 4.78 is 1.88. The summed E-state index contributed by atoms with van der Waals surface area (Å²) in [5, 5.41) is 4.80. The van der Waals surface area contributed by atoms with Crippen molar-refractivity contribution in [2.75, 3.05) is 32.7 Å². The van der Waals surface area contributed by atoms with Gasteiger partial charge in [-0.15, -0.1) is 0 Å². The number of carbonyl (C=O) groups is 1. The normalized spacial score (nSPS) is 22.0. The molecule has 33 heavy (non-hydrogen) atoms. The van der Waals surface area contributed by atoms with Crippen molar-refractivity contribution >= 4 is 17.0 Å². The number of aryl methyl sites for hydroxylation is 2. The van der Waals surface area contributed by atoms with Gasteiger partial charge in [-0.05, 0) is 56.5 Å². The lowest BCUT2D eigenvalue weighted by molar-refractivity contribution is -0.122. The molecule has 0 radical (unpaired) electrons. The van der Waals surface area contributed by atoms with Gasteiger partial charge in [0, 0.05) is 44.2 Å². The number of hydrogen-bond donors (Lipinski definition) is 0. The van der Waals surface area contributed by atoms with Crippen LogP contribution in [0.1, 0.15) is 37.4 Å². The fraction of sp³-hybridized carbons (Fsp3) is 0.423. The predicted octanol–water partition coefficient (Wildman–Crippen LogP) is 3.53. The molecule has 7 heteroatoms. The van der Waals surface area contributed by atoms with Crippen molar-refractivity contribution in [1.29, 1.82) is 0 Å². The molecule has 0 N–H and O–H groups in total. The quantitative estimate of drug-likeness (QED) is 0.725. The Labute approximate surface area is 195 Å². The minimum Gasteiger partial charge on any atom is -0.368 e. The number of allylic oxidation sites excluding steroid dienone is 4. The summed E-state index contributed by atoms with van der Waals surface area (Å²) >= 11 is 0. The fourth-order valence-corrected chi connectivity index (χ4v) is 4.90. The Morgan fingerprint density at radius 3 is 2.61 bits per heavy atom. The number of hydrogen-bond acceptors (Lipinski definition) is 5. The molecule has 0 bridgehead atoms. The molecule has 1 amide bonds. The molecule has 1 saturated heterocycles. The van der Waals surface area contributed by atoms with E-state index in [0.29, 0.717) is 0 Å². The number of likely N-dealkylation sites (N-methyl/N-ethyl adjacent to an activating group) is 1. The lowest BCUT2D eigenvalue weighted by Crippen LogP contribution is -2.46. The molecule has 1 fully saturated rings. The van der Waals surface area contributed by atoms with Gasteiger partial charge in [-0.1, -0.05) is 19.9 Å². The summed E-state index contributed by atoms with van der Waals surface area (Å²) in [5.74, 6) is 0.156. The van der Waals surface area contributed by atoms with E-state index in [1.165, 1.54) is 0 Å². The van der Waals surface area contributed by atoms with Crippen molar-refractivity contribution in [3.63, 3.8) is 0 Å². The Balaban J connectivity index is 1.45. The van der Waals surface area contributed by atoms with E-state index >= 15 is 0 Å². The van der Waals surface area contributed by atoms with Gasteiger partial charge >= 0.3 is 0 Å². The third-order valence-corrected chi connectivity index (χ3v) is 6.93. The van der Waals surface area contributed by atoms with E-state index in [1.54, 1.807) is 11.0 Å². The standard InChI is InChI=1S/C26H32N6O/c1-5-29-10-12-30(13-11-29)22-9-8-21-7-6-18(2)23(14-26(33)31(21)17-22)24-15-25-20(4)27-19(3)16-32(25)28-24/h7-9,14-18H,5-6,10-13H2,1-4H3. The molecule has 0 aliphatic carbocycles. The first-order valence-electron chi connectivity index (χ1n) is 11.9. The van der Waals surface area contributed by atoms with Crippen molar-refractivity contribution in [1.82, 2.24) is 29.3 Å². The highest BCUT2D eigenvalue weighted by Crippen LogP contribution is 2.32. The van der Waals surface area contributed by atoms with E-state index in [-0.39, 0.29) is 11.8 Å². The van der Waals surface area contributed by atoms with Gasteiger partial charge in [0.25, 0.3) is 5.91 Å². The fourth-order valence-electron chi connectivity index (χ4n) is 4.90. The Morgan fingerprint density at radius 1 is 1.09 bits per heavy atom. The Hall–Kier alpha value is -3.19. The van der Waals surface area contributed by atoms with Gasteiger partial charge in [0.2, 0.25) is 0 Å².